The number of hydrogen-bond acceptors (Lipinski definition) is 3. The molecule has 0 radical (unpaired) electrons. The van der Waals surface area contributed by atoms with Gasteiger partial charge in [-0.25, -0.2) is 0 Å². The molecule has 116 valence electrons. The number of rotatable bonds is 4. The van der Waals surface area contributed by atoms with Gasteiger partial charge in [-0.3, -0.25) is 0 Å². The Balaban J connectivity index is 1.76. The molecule has 0 spiro atoms. The lowest BCUT2D eigenvalue weighted by Crippen LogP contribution is -2.51. The highest BCUT2D eigenvalue weighted by molar-refractivity contribution is 5.37. The second-order valence-electron chi connectivity index (χ2n) is 6.57. The summed E-state index contributed by atoms with van der Waals surface area (Å²) in [6.07, 6.45) is 5.85. The highest BCUT2D eigenvalue weighted by Crippen LogP contribution is 2.39. The molecule has 1 aromatic carbocycles. The largest absolute Gasteiger partial charge is 0.493 e. The molecule has 0 aliphatic carbocycles. The van der Waals surface area contributed by atoms with Crippen LogP contribution >= 0.6 is 0 Å². The molecule has 21 heavy (non-hydrogen) atoms. The van der Waals surface area contributed by atoms with Gasteiger partial charge in [-0.15, -0.1) is 0 Å². The van der Waals surface area contributed by atoms with Crippen molar-refractivity contribution in [3.63, 3.8) is 0 Å². The predicted molar refractivity (Wildman–Crippen MR) is 85.0 cm³/mol. The first-order valence-corrected chi connectivity index (χ1v) is 8.26. The van der Waals surface area contributed by atoms with Gasteiger partial charge in [0, 0.05) is 12.6 Å². The van der Waals surface area contributed by atoms with Crippen LogP contribution in [-0.2, 0) is 4.74 Å². The Labute approximate surface area is 128 Å². The average molecular weight is 289 g/mol. The van der Waals surface area contributed by atoms with Crippen LogP contribution in [0.2, 0.25) is 0 Å². The third kappa shape index (κ3) is 3.09. The normalized spacial score (nSPS) is 30.3. The van der Waals surface area contributed by atoms with E-state index in [1.807, 2.05) is 0 Å². The van der Waals surface area contributed by atoms with Crippen LogP contribution in [0.5, 0.6) is 5.75 Å². The molecule has 3 rings (SSSR count). The number of likely N-dealkylation sites (N-methyl/N-ethyl adjacent to an activating group) is 1. The standard InChI is InChI=1S/C18H27NO2/c1-18(10-5-6-11-21-18)17(19-2)13-14-9-12-20-16-8-4-3-7-15(14)16/h3-4,7-8,14,17,19H,5-6,9-13H2,1-2H3. The van der Waals surface area contributed by atoms with E-state index in [1.165, 1.54) is 18.4 Å². The minimum Gasteiger partial charge on any atom is -0.493 e. The van der Waals surface area contributed by atoms with Gasteiger partial charge >= 0.3 is 0 Å². The summed E-state index contributed by atoms with van der Waals surface area (Å²) < 4.78 is 11.9. The zero-order valence-corrected chi connectivity index (χ0v) is 13.2. The zero-order valence-electron chi connectivity index (χ0n) is 13.2. The van der Waals surface area contributed by atoms with Crippen LogP contribution < -0.4 is 10.1 Å². The number of hydrogen-bond donors (Lipinski definition) is 1. The first-order valence-electron chi connectivity index (χ1n) is 8.26. The van der Waals surface area contributed by atoms with E-state index in [0.717, 1.165) is 38.2 Å². The lowest BCUT2D eigenvalue weighted by Gasteiger charge is -2.42. The summed E-state index contributed by atoms with van der Waals surface area (Å²) in [6, 6.07) is 8.88. The van der Waals surface area contributed by atoms with Gasteiger partial charge in [-0.1, -0.05) is 18.2 Å². The first-order chi connectivity index (χ1) is 10.2. The molecule has 3 nitrogen and oxygen atoms in total. The van der Waals surface area contributed by atoms with Crippen molar-refractivity contribution in [3.05, 3.63) is 29.8 Å². The van der Waals surface area contributed by atoms with Crippen molar-refractivity contribution in [1.29, 1.82) is 0 Å². The molecule has 2 aliphatic heterocycles. The van der Waals surface area contributed by atoms with Crippen LogP contribution in [0.25, 0.3) is 0 Å². The van der Waals surface area contributed by atoms with Crippen LogP contribution in [0.15, 0.2) is 24.3 Å². The lowest BCUT2D eigenvalue weighted by molar-refractivity contribution is -0.0902. The summed E-state index contributed by atoms with van der Waals surface area (Å²) >= 11 is 0. The second-order valence-corrected chi connectivity index (χ2v) is 6.57. The van der Waals surface area contributed by atoms with Gasteiger partial charge in [-0.05, 0) is 63.6 Å². The molecule has 1 N–H and O–H groups in total. The van der Waals surface area contributed by atoms with E-state index in [0.29, 0.717) is 12.0 Å². The number of benzene rings is 1. The molecule has 3 unspecified atom stereocenters. The Morgan fingerprint density at radius 2 is 2.14 bits per heavy atom. The molecule has 1 fully saturated rings. The first kappa shape index (κ1) is 14.9. The molecular formula is C18H27NO2. The average Bonchev–Trinajstić information content (AvgIpc) is 2.53. The fourth-order valence-corrected chi connectivity index (χ4v) is 3.85. The van der Waals surface area contributed by atoms with E-state index in [4.69, 9.17) is 9.47 Å². The molecule has 1 saturated heterocycles. The fraction of sp³-hybridized carbons (Fsp3) is 0.667. The zero-order chi connectivity index (χ0) is 14.7. The monoisotopic (exact) mass is 289 g/mol. The minimum absolute atomic E-state index is 0.0275. The van der Waals surface area contributed by atoms with Crippen molar-refractivity contribution in [2.75, 3.05) is 20.3 Å². The number of para-hydroxylation sites is 1. The quantitative estimate of drug-likeness (QED) is 0.920. The minimum atomic E-state index is -0.0275. The maximum Gasteiger partial charge on any atom is 0.122 e. The van der Waals surface area contributed by atoms with E-state index in [9.17, 15) is 0 Å². The third-order valence-corrected chi connectivity index (χ3v) is 5.19. The maximum absolute atomic E-state index is 6.15. The highest BCUT2D eigenvalue weighted by Gasteiger charge is 2.38. The molecule has 0 bridgehead atoms. The summed E-state index contributed by atoms with van der Waals surface area (Å²) in [4.78, 5) is 0. The van der Waals surface area contributed by atoms with Gasteiger partial charge < -0.3 is 14.8 Å². The van der Waals surface area contributed by atoms with Gasteiger partial charge in [0.2, 0.25) is 0 Å². The van der Waals surface area contributed by atoms with Crippen molar-refractivity contribution in [3.8, 4) is 5.75 Å². The van der Waals surface area contributed by atoms with Gasteiger partial charge in [0.15, 0.2) is 0 Å². The number of ether oxygens (including phenoxy) is 2. The lowest BCUT2D eigenvalue weighted by atomic mass is 9.79. The molecular weight excluding hydrogens is 262 g/mol. The van der Waals surface area contributed by atoms with Crippen LogP contribution in [0, 0.1) is 0 Å². The van der Waals surface area contributed by atoms with Crippen molar-refractivity contribution in [2.45, 2.75) is 56.6 Å². The summed E-state index contributed by atoms with van der Waals surface area (Å²) in [6.45, 7) is 4.01. The SMILES string of the molecule is CNC(CC1CCOc2ccccc21)C1(C)CCCCO1. The molecule has 2 aliphatic rings. The Morgan fingerprint density at radius 1 is 1.29 bits per heavy atom. The summed E-state index contributed by atoms with van der Waals surface area (Å²) in [5.41, 5.74) is 1.34. The maximum atomic E-state index is 6.15. The Morgan fingerprint density at radius 3 is 2.90 bits per heavy atom. The topological polar surface area (TPSA) is 30.5 Å². The van der Waals surface area contributed by atoms with E-state index in [-0.39, 0.29) is 5.60 Å². The van der Waals surface area contributed by atoms with Crippen LogP contribution in [0.1, 0.15) is 50.5 Å². The van der Waals surface area contributed by atoms with Gasteiger partial charge in [0.25, 0.3) is 0 Å². The van der Waals surface area contributed by atoms with Crippen LogP contribution in [0.3, 0.4) is 0 Å². The molecule has 2 heterocycles. The van der Waals surface area contributed by atoms with Gasteiger partial charge in [-0.2, -0.15) is 0 Å². The molecule has 0 amide bonds. The molecule has 3 atom stereocenters. The Hall–Kier alpha value is -1.06. The highest BCUT2D eigenvalue weighted by atomic mass is 16.5. The van der Waals surface area contributed by atoms with Gasteiger partial charge in [0.1, 0.15) is 5.75 Å². The number of nitrogens with one attached hydrogen (secondary N) is 1. The summed E-state index contributed by atoms with van der Waals surface area (Å²) in [5, 5.41) is 3.52. The van der Waals surface area contributed by atoms with Gasteiger partial charge in [0.05, 0.1) is 12.2 Å². The Bertz CT molecular complexity index is 468. The summed E-state index contributed by atoms with van der Waals surface area (Å²) in [5.74, 6) is 1.63. The second kappa shape index (κ2) is 6.37. The molecule has 0 saturated carbocycles. The summed E-state index contributed by atoms with van der Waals surface area (Å²) in [7, 11) is 2.07. The smallest absolute Gasteiger partial charge is 0.122 e. The van der Waals surface area contributed by atoms with E-state index >= 15 is 0 Å². The van der Waals surface area contributed by atoms with Crippen LogP contribution in [0.4, 0.5) is 0 Å². The van der Waals surface area contributed by atoms with Crippen molar-refractivity contribution in [2.24, 2.45) is 0 Å². The van der Waals surface area contributed by atoms with E-state index < -0.39 is 0 Å². The predicted octanol–water partition coefficient (Wildman–Crippen LogP) is 3.49. The molecule has 3 heteroatoms. The fourth-order valence-electron chi connectivity index (χ4n) is 3.85. The Kier molecular flexibility index (Phi) is 4.51. The van der Waals surface area contributed by atoms with Crippen molar-refractivity contribution in [1.82, 2.24) is 5.32 Å². The third-order valence-electron chi connectivity index (χ3n) is 5.19. The van der Waals surface area contributed by atoms with Crippen LogP contribution in [-0.4, -0.2) is 31.9 Å². The van der Waals surface area contributed by atoms with Crippen molar-refractivity contribution < 1.29 is 9.47 Å². The van der Waals surface area contributed by atoms with E-state index in [1.54, 1.807) is 0 Å². The number of fused-ring (bicyclic) bond motifs is 1. The van der Waals surface area contributed by atoms with E-state index in [2.05, 4.69) is 43.6 Å². The molecule has 1 aromatic rings. The molecule has 0 aromatic heterocycles. The van der Waals surface area contributed by atoms with Crippen molar-refractivity contribution >= 4 is 0 Å².